The molecule has 0 amide bonds. The highest BCUT2D eigenvalue weighted by Crippen LogP contribution is 2.42. The highest BCUT2D eigenvalue weighted by atomic mass is 19.1. The van der Waals surface area contributed by atoms with E-state index >= 15 is 0 Å². The summed E-state index contributed by atoms with van der Waals surface area (Å²) in [5.41, 5.74) is 1.56. The summed E-state index contributed by atoms with van der Waals surface area (Å²) in [5, 5.41) is 10.4. The monoisotopic (exact) mass is 450 g/mol. The van der Waals surface area contributed by atoms with Gasteiger partial charge in [-0.25, -0.2) is 4.39 Å². The molecule has 0 saturated carbocycles. The van der Waals surface area contributed by atoms with E-state index < -0.39 is 30.0 Å². The van der Waals surface area contributed by atoms with Crippen molar-refractivity contribution in [3.05, 3.63) is 95.6 Å². The van der Waals surface area contributed by atoms with Gasteiger partial charge in [-0.05, 0) is 41.0 Å². The number of ether oxygens (including phenoxy) is 4. The van der Waals surface area contributed by atoms with E-state index in [4.69, 9.17) is 18.9 Å². The average molecular weight is 450 g/mol. The molecule has 1 aliphatic heterocycles. The van der Waals surface area contributed by atoms with E-state index in [1.807, 2.05) is 78.9 Å². The molecule has 0 aliphatic carbocycles. The highest BCUT2D eigenvalue weighted by molar-refractivity contribution is 6.11. The Kier molecular flexibility index (Phi) is 7.03. The number of benzene rings is 3. The number of rotatable bonds is 8. The minimum absolute atomic E-state index is 0.00111. The van der Waals surface area contributed by atoms with Crippen LogP contribution in [0.15, 0.2) is 78.9 Å². The molecule has 3 aromatic rings. The molecule has 1 N–H and O–H groups in total. The molecule has 0 spiro atoms. The number of halogens is 1. The zero-order valence-corrected chi connectivity index (χ0v) is 19.0. The Morgan fingerprint density at radius 3 is 1.76 bits per heavy atom. The molecule has 5 nitrogen and oxygen atoms in total. The third kappa shape index (κ3) is 4.49. The number of alkyl halides is 1. The van der Waals surface area contributed by atoms with E-state index in [1.165, 1.54) is 0 Å². The molecule has 0 radical (unpaired) electrons. The molecule has 33 heavy (non-hydrogen) atoms. The molecule has 7 heteroatoms. The molecule has 1 heterocycles. The molecule has 0 bridgehead atoms. The molecule has 172 valence electrons. The average Bonchev–Trinajstić information content (AvgIpc) is 3.12. The zero-order chi connectivity index (χ0) is 23.4. The van der Waals surface area contributed by atoms with Crippen LogP contribution >= 0.6 is 0 Å². The number of aliphatic hydroxyl groups is 1. The lowest BCUT2D eigenvalue weighted by Gasteiger charge is -2.37. The molecule has 4 rings (SSSR count). The van der Waals surface area contributed by atoms with Gasteiger partial charge in [0.05, 0.1) is 26.8 Å². The van der Waals surface area contributed by atoms with Gasteiger partial charge < -0.3 is 24.1 Å². The van der Waals surface area contributed by atoms with Gasteiger partial charge in [0.1, 0.15) is 43.3 Å². The van der Waals surface area contributed by atoms with Crippen molar-refractivity contribution in [1.82, 2.24) is 0 Å². The quantitative estimate of drug-likeness (QED) is 0.423. The fraction of sp³-hybridized carbons (Fsp3) is 0.308. The Bertz CT molecular complexity index is 981. The Hall–Kier alpha value is -2.87. The normalized spacial score (nSPS) is 22.8. The van der Waals surface area contributed by atoms with Gasteiger partial charge >= 0.3 is 0 Å². The van der Waals surface area contributed by atoms with Gasteiger partial charge in [-0.1, -0.05) is 54.6 Å². The Morgan fingerprint density at radius 2 is 1.33 bits per heavy atom. The van der Waals surface area contributed by atoms with Crippen molar-refractivity contribution in [2.75, 3.05) is 20.8 Å². The van der Waals surface area contributed by atoms with Crippen LogP contribution in [-0.2, 0) is 15.1 Å². The number of methoxy groups -OCH3 is 2. The van der Waals surface area contributed by atoms with E-state index in [2.05, 4.69) is 0 Å². The van der Waals surface area contributed by atoms with Crippen molar-refractivity contribution in [2.45, 2.75) is 30.0 Å². The lowest BCUT2D eigenvalue weighted by atomic mass is 9.80. The molecule has 1 unspecified atom stereocenters. The van der Waals surface area contributed by atoms with Crippen LogP contribution in [0.3, 0.4) is 0 Å². The SMILES string of the molecule is B[C@@H]1O[C@H](COC(c2ccccc2)(c2ccc(OC)cc2)c2ccc(OC)cc2)[C@H](O)C1F. The third-order valence-corrected chi connectivity index (χ3v) is 6.18. The van der Waals surface area contributed by atoms with E-state index in [1.54, 1.807) is 22.1 Å². The topological polar surface area (TPSA) is 57.2 Å². The van der Waals surface area contributed by atoms with Gasteiger partial charge in [-0.2, -0.15) is 0 Å². The number of hydrogen-bond acceptors (Lipinski definition) is 5. The summed E-state index contributed by atoms with van der Waals surface area (Å²) < 4.78 is 37.3. The standard InChI is InChI=1S/C26H28BFO5/c1-30-20-12-8-18(9-13-20)26(17-6-4-3-5-7-17,19-10-14-21(31-2)15-11-19)32-16-22-24(29)23(28)25(27)33-22/h3-15,22-25,29H,16,27H2,1-2H3/t22-,23?,24+,25-/m1/s1. The van der Waals surface area contributed by atoms with Crippen LogP contribution in [0.25, 0.3) is 0 Å². The lowest BCUT2D eigenvalue weighted by molar-refractivity contribution is -0.0744. The van der Waals surface area contributed by atoms with Crippen molar-refractivity contribution >= 4 is 7.85 Å². The summed E-state index contributed by atoms with van der Waals surface area (Å²) in [6.07, 6.45) is -3.48. The van der Waals surface area contributed by atoms with Gasteiger partial charge in [-0.15, -0.1) is 0 Å². The van der Waals surface area contributed by atoms with Crippen LogP contribution in [-0.4, -0.2) is 58.2 Å². The Morgan fingerprint density at radius 1 is 0.848 bits per heavy atom. The van der Waals surface area contributed by atoms with E-state index in [0.717, 1.165) is 28.2 Å². The van der Waals surface area contributed by atoms with E-state index in [-0.39, 0.29) is 6.61 Å². The summed E-state index contributed by atoms with van der Waals surface area (Å²) in [6, 6.07) is 24.4. The van der Waals surface area contributed by atoms with Gasteiger partial charge in [-0.3, -0.25) is 0 Å². The second kappa shape index (κ2) is 9.95. The van der Waals surface area contributed by atoms with Gasteiger partial charge in [0.25, 0.3) is 0 Å². The first-order chi connectivity index (χ1) is 16.0. The third-order valence-electron chi connectivity index (χ3n) is 6.18. The summed E-state index contributed by atoms with van der Waals surface area (Å²) >= 11 is 0. The Balaban J connectivity index is 1.83. The van der Waals surface area contributed by atoms with Gasteiger partial charge in [0, 0.05) is 0 Å². The molecule has 1 aliphatic rings. The van der Waals surface area contributed by atoms with Crippen LogP contribution < -0.4 is 9.47 Å². The predicted molar refractivity (Wildman–Crippen MR) is 126 cm³/mol. The zero-order valence-electron chi connectivity index (χ0n) is 19.0. The van der Waals surface area contributed by atoms with E-state index in [9.17, 15) is 9.50 Å². The largest absolute Gasteiger partial charge is 0.497 e. The van der Waals surface area contributed by atoms with Crippen LogP contribution in [0.4, 0.5) is 4.39 Å². The fourth-order valence-corrected chi connectivity index (χ4v) is 4.33. The summed E-state index contributed by atoms with van der Waals surface area (Å²) in [7, 11) is 4.85. The molecule has 0 aromatic heterocycles. The maximum atomic E-state index is 14.3. The fourth-order valence-electron chi connectivity index (χ4n) is 4.33. The minimum atomic E-state index is -1.45. The van der Waals surface area contributed by atoms with Crippen molar-refractivity contribution in [3.63, 3.8) is 0 Å². The van der Waals surface area contributed by atoms with Crippen molar-refractivity contribution in [1.29, 1.82) is 0 Å². The van der Waals surface area contributed by atoms with Crippen LogP contribution in [0.2, 0.25) is 0 Å². The van der Waals surface area contributed by atoms with Crippen molar-refractivity contribution in [2.24, 2.45) is 0 Å². The molecule has 3 aromatic carbocycles. The highest BCUT2D eigenvalue weighted by Gasteiger charge is 2.44. The minimum Gasteiger partial charge on any atom is -0.497 e. The molecular formula is C26H28BFO5. The molecular weight excluding hydrogens is 422 g/mol. The first kappa shape index (κ1) is 23.3. The maximum absolute atomic E-state index is 14.3. The number of hydrogen-bond donors (Lipinski definition) is 1. The molecule has 1 saturated heterocycles. The first-order valence-electron chi connectivity index (χ1n) is 11.0. The second-order valence-corrected chi connectivity index (χ2v) is 8.13. The molecule has 1 fully saturated rings. The van der Waals surface area contributed by atoms with Crippen LogP contribution in [0.1, 0.15) is 16.7 Å². The first-order valence-corrected chi connectivity index (χ1v) is 11.0. The maximum Gasteiger partial charge on any atom is 0.147 e. The molecule has 4 atom stereocenters. The van der Waals surface area contributed by atoms with Gasteiger partial charge in [0.2, 0.25) is 0 Å². The Labute approximate surface area is 194 Å². The van der Waals surface area contributed by atoms with Crippen LogP contribution in [0, 0.1) is 0 Å². The summed E-state index contributed by atoms with van der Waals surface area (Å²) in [5.74, 6) is 1.44. The predicted octanol–water partition coefficient (Wildman–Crippen LogP) is 3.07. The van der Waals surface area contributed by atoms with Gasteiger partial charge in [0.15, 0.2) is 0 Å². The summed E-state index contributed by atoms with van der Waals surface area (Å²) in [6.45, 7) is -0.00111. The van der Waals surface area contributed by atoms with Crippen molar-refractivity contribution < 1.29 is 28.4 Å². The van der Waals surface area contributed by atoms with E-state index in [0.29, 0.717) is 0 Å². The lowest BCUT2D eigenvalue weighted by Crippen LogP contribution is -2.39. The van der Waals surface area contributed by atoms with Crippen LogP contribution in [0.5, 0.6) is 11.5 Å². The van der Waals surface area contributed by atoms with Crippen molar-refractivity contribution in [3.8, 4) is 11.5 Å². The number of aliphatic hydroxyl groups excluding tert-OH is 1. The smallest absolute Gasteiger partial charge is 0.147 e. The summed E-state index contributed by atoms with van der Waals surface area (Å²) in [4.78, 5) is 0. The second-order valence-electron chi connectivity index (χ2n) is 8.13.